The summed E-state index contributed by atoms with van der Waals surface area (Å²) >= 11 is 0. The van der Waals surface area contributed by atoms with Gasteiger partial charge in [-0.15, -0.1) is 9.24 Å². The van der Waals surface area contributed by atoms with E-state index in [9.17, 15) is 0 Å². The second-order valence-corrected chi connectivity index (χ2v) is 1.65. The van der Waals surface area contributed by atoms with Crippen LogP contribution >= 0.6 is 9.24 Å². The molecule has 0 spiro atoms. The number of nitrogens with one attached hydrogen (secondary N) is 1. The molecule has 0 saturated heterocycles. The van der Waals surface area contributed by atoms with Crippen LogP contribution in [0.2, 0.25) is 0 Å². The van der Waals surface area contributed by atoms with Crippen molar-refractivity contribution in [3.05, 3.63) is 18.2 Å². The van der Waals surface area contributed by atoms with E-state index in [1.807, 2.05) is 6.20 Å². The first kappa shape index (κ1) is 4.79. The molecule has 1 aromatic rings. The van der Waals surface area contributed by atoms with Gasteiger partial charge in [0.15, 0.2) is 0 Å². The van der Waals surface area contributed by atoms with Gasteiger partial charge in [0.25, 0.3) is 0 Å². The molecule has 1 rings (SSSR count). The van der Waals surface area contributed by atoms with Crippen molar-refractivity contribution in [1.82, 2.24) is 9.97 Å². The fraction of sp³-hybridized carbons (Fsp3) is 0.250. The molecule has 1 heterocycles. The predicted molar refractivity (Wildman–Crippen MR) is 32.0 cm³/mol. The molecule has 2 nitrogen and oxygen atoms in total. The maximum atomic E-state index is 3.96. The van der Waals surface area contributed by atoms with Crippen LogP contribution in [0.15, 0.2) is 12.4 Å². The lowest BCUT2D eigenvalue weighted by Gasteiger charge is -1.79. The van der Waals surface area contributed by atoms with E-state index in [-0.39, 0.29) is 0 Å². The topological polar surface area (TPSA) is 28.7 Å². The van der Waals surface area contributed by atoms with Crippen molar-refractivity contribution in [2.75, 3.05) is 0 Å². The molecule has 1 aromatic heterocycles. The Bertz CT molecular complexity index is 124. The summed E-state index contributed by atoms with van der Waals surface area (Å²) in [7, 11) is 2.59. The number of hydrogen-bond donors (Lipinski definition) is 1. The fourth-order valence-corrected chi connectivity index (χ4v) is 0.633. The summed E-state index contributed by atoms with van der Waals surface area (Å²) in [6.07, 6.45) is 4.48. The van der Waals surface area contributed by atoms with E-state index >= 15 is 0 Å². The van der Waals surface area contributed by atoms with Crippen LogP contribution in [0, 0.1) is 0 Å². The zero-order valence-corrected chi connectivity index (χ0v) is 5.04. The van der Waals surface area contributed by atoms with Crippen LogP contribution < -0.4 is 0 Å². The Balaban J connectivity index is 2.76. The molecule has 3 heteroatoms. The van der Waals surface area contributed by atoms with Crippen LogP contribution in [0.25, 0.3) is 0 Å². The van der Waals surface area contributed by atoms with E-state index < -0.39 is 0 Å². The monoisotopic (exact) mass is 114 g/mol. The third kappa shape index (κ3) is 1.00. The average Bonchev–Trinajstić information content (AvgIpc) is 2.14. The van der Waals surface area contributed by atoms with Crippen LogP contribution in [0.1, 0.15) is 5.82 Å². The second-order valence-electron chi connectivity index (χ2n) is 1.24. The van der Waals surface area contributed by atoms with Crippen molar-refractivity contribution >= 4 is 9.24 Å². The summed E-state index contributed by atoms with van der Waals surface area (Å²) in [6.45, 7) is 0. The molecule has 7 heavy (non-hydrogen) atoms. The Morgan fingerprint density at radius 3 is 3.00 bits per heavy atom. The molecule has 0 amide bonds. The largest absolute Gasteiger partial charge is 0.348 e. The first-order valence-corrected chi connectivity index (χ1v) is 2.93. The first-order chi connectivity index (χ1) is 3.43. The molecule has 1 atom stereocenters. The van der Waals surface area contributed by atoms with Gasteiger partial charge < -0.3 is 4.98 Å². The normalized spacial score (nSPS) is 9.29. The molecule has 0 bridgehead atoms. The third-order valence-corrected chi connectivity index (χ3v) is 1.13. The molecule has 0 fully saturated rings. The summed E-state index contributed by atoms with van der Waals surface area (Å²) in [5.74, 6) is 1.02. The number of hydrogen-bond acceptors (Lipinski definition) is 1. The molecular weight excluding hydrogens is 107 g/mol. The zero-order valence-electron chi connectivity index (χ0n) is 3.89. The van der Waals surface area contributed by atoms with Gasteiger partial charge in [0.1, 0.15) is 5.82 Å². The van der Waals surface area contributed by atoms with Gasteiger partial charge in [-0.1, -0.05) is 0 Å². The van der Waals surface area contributed by atoms with Crippen LogP contribution in [0.4, 0.5) is 0 Å². The molecule has 0 saturated carbocycles. The highest BCUT2D eigenvalue weighted by Gasteiger charge is 1.82. The molecule has 0 aromatic carbocycles. The summed E-state index contributed by atoms with van der Waals surface area (Å²) in [6, 6.07) is 0. The maximum Gasteiger partial charge on any atom is 0.109 e. The maximum absolute atomic E-state index is 3.96. The number of rotatable bonds is 1. The third-order valence-electron chi connectivity index (χ3n) is 0.748. The average molecular weight is 114 g/mol. The van der Waals surface area contributed by atoms with Gasteiger partial charge in [0.05, 0.1) is 0 Å². The van der Waals surface area contributed by atoms with Crippen LogP contribution in [-0.4, -0.2) is 9.97 Å². The molecule has 0 aliphatic carbocycles. The number of H-pyrrole nitrogens is 1. The number of nitrogens with zero attached hydrogens (tertiary/aromatic N) is 1. The van der Waals surface area contributed by atoms with E-state index in [0.717, 1.165) is 12.0 Å². The number of aromatic nitrogens is 2. The summed E-state index contributed by atoms with van der Waals surface area (Å²) < 4.78 is 0. The van der Waals surface area contributed by atoms with Gasteiger partial charge in [-0.2, -0.15) is 0 Å². The number of imidazole rings is 1. The lowest BCUT2D eigenvalue weighted by atomic mass is 10.7. The van der Waals surface area contributed by atoms with Crippen molar-refractivity contribution in [1.29, 1.82) is 0 Å². The van der Waals surface area contributed by atoms with Crippen molar-refractivity contribution in [3.63, 3.8) is 0 Å². The highest BCUT2D eigenvalue weighted by atomic mass is 31.0. The molecule has 1 N–H and O–H groups in total. The van der Waals surface area contributed by atoms with Gasteiger partial charge in [-0.05, 0) is 0 Å². The Morgan fingerprint density at radius 1 is 1.86 bits per heavy atom. The summed E-state index contributed by atoms with van der Waals surface area (Å²) in [5, 5.41) is 0. The van der Waals surface area contributed by atoms with Gasteiger partial charge in [-0.3, -0.25) is 0 Å². The minimum Gasteiger partial charge on any atom is -0.348 e. The fourth-order valence-electron chi connectivity index (χ4n) is 0.410. The van der Waals surface area contributed by atoms with Crippen molar-refractivity contribution in [3.8, 4) is 0 Å². The van der Waals surface area contributed by atoms with E-state index in [1.54, 1.807) is 6.20 Å². The zero-order chi connectivity index (χ0) is 5.11. The highest BCUT2D eigenvalue weighted by Crippen LogP contribution is 1.94. The lowest BCUT2D eigenvalue weighted by molar-refractivity contribution is 1.12. The Kier molecular flexibility index (Phi) is 1.42. The van der Waals surface area contributed by atoms with Gasteiger partial charge in [0, 0.05) is 18.6 Å². The minimum atomic E-state index is 0.910. The molecular formula is C4H7N2P. The Hall–Kier alpha value is -0.360. The molecule has 0 radical (unpaired) electrons. The van der Waals surface area contributed by atoms with E-state index in [2.05, 4.69) is 19.2 Å². The summed E-state index contributed by atoms with van der Waals surface area (Å²) in [5.41, 5.74) is 0. The second kappa shape index (κ2) is 2.08. The van der Waals surface area contributed by atoms with Crippen LogP contribution in [0.3, 0.4) is 0 Å². The van der Waals surface area contributed by atoms with Gasteiger partial charge in [-0.25, -0.2) is 4.98 Å². The Morgan fingerprint density at radius 2 is 2.71 bits per heavy atom. The van der Waals surface area contributed by atoms with Gasteiger partial charge >= 0.3 is 0 Å². The molecule has 0 aliphatic rings. The predicted octanol–water partition coefficient (Wildman–Crippen LogP) is 0.785. The highest BCUT2D eigenvalue weighted by molar-refractivity contribution is 7.15. The molecule has 1 unspecified atom stereocenters. The summed E-state index contributed by atoms with van der Waals surface area (Å²) in [4.78, 5) is 6.91. The Labute approximate surface area is 44.6 Å². The molecule has 0 aliphatic heterocycles. The number of aromatic amines is 1. The quantitative estimate of drug-likeness (QED) is 0.537. The molecule has 38 valence electrons. The van der Waals surface area contributed by atoms with E-state index in [4.69, 9.17) is 0 Å². The lowest BCUT2D eigenvalue weighted by Crippen LogP contribution is -1.75. The van der Waals surface area contributed by atoms with E-state index in [0.29, 0.717) is 0 Å². The SMILES string of the molecule is PCc1ncc[nH]1. The van der Waals surface area contributed by atoms with Crippen molar-refractivity contribution in [2.45, 2.75) is 6.16 Å². The smallest absolute Gasteiger partial charge is 0.109 e. The van der Waals surface area contributed by atoms with Gasteiger partial charge in [0.2, 0.25) is 0 Å². The standard InChI is InChI=1S/C4H7N2P/c7-3-4-5-1-2-6-4/h1-2H,3,7H2,(H,5,6). The van der Waals surface area contributed by atoms with E-state index in [1.165, 1.54) is 0 Å². The minimum absolute atomic E-state index is 0.910. The van der Waals surface area contributed by atoms with Crippen LogP contribution in [0.5, 0.6) is 0 Å². The van der Waals surface area contributed by atoms with Crippen molar-refractivity contribution in [2.24, 2.45) is 0 Å². The first-order valence-electron chi connectivity index (χ1n) is 2.12. The van der Waals surface area contributed by atoms with Crippen LogP contribution in [-0.2, 0) is 6.16 Å². The van der Waals surface area contributed by atoms with Crippen molar-refractivity contribution < 1.29 is 0 Å².